The summed E-state index contributed by atoms with van der Waals surface area (Å²) >= 11 is 5.21. The van der Waals surface area contributed by atoms with Gasteiger partial charge in [-0.25, -0.2) is 0 Å². The molecule has 3 heteroatoms. The molecular weight excluding hydrogens is 260 g/mol. The third-order valence-corrected chi connectivity index (χ3v) is 3.83. The Morgan fingerprint density at radius 2 is 2.14 bits per heavy atom. The van der Waals surface area contributed by atoms with E-state index in [1.54, 1.807) is 11.3 Å². The summed E-state index contributed by atoms with van der Waals surface area (Å²) in [5.74, 6) is 1.08. The SMILES string of the molecule is CC(C)CC(CO)Cc1ccc(Br)s1. The van der Waals surface area contributed by atoms with E-state index in [0.717, 1.165) is 12.8 Å². The maximum absolute atomic E-state index is 9.24. The second-order valence-corrected chi connectivity index (χ2v) is 6.64. The second kappa shape index (κ2) is 5.89. The van der Waals surface area contributed by atoms with Crippen LogP contribution in [-0.4, -0.2) is 11.7 Å². The molecule has 1 N–H and O–H groups in total. The van der Waals surface area contributed by atoms with Gasteiger partial charge < -0.3 is 5.11 Å². The molecule has 1 aromatic heterocycles. The maximum atomic E-state index is 9.24. The van der Waals surface area contributed by atoms with Gasteiger partial charge in [0.05, 0.1) is 3.79 Å². The van der Waals surface area contributed by atoms with E-state index in [9.17, 15) is 5.11 Å². The van der Waals surface area contributed by atoms with Gasteiger partial charge in [-0.2, -0.15) is 0 Å². The van der Waals surface area contributed by atoms with Gasteiger partial charge in [0.2, 0.25) is 0 Å². The molecule has 0 radical (unpaired) electrons. The minimum Gasteiger partial charge on any atom is -0.396 e. The van der Waals surface area contributed by atoms with Crippen molar-refractivity contribution in [2.24, 2.45) is 11.8 Å². The van der Waals surface area contributed by atoms with Crippen LogP contribution in [0.3, 0.4) is 0 Å². The first-order valence-electron chi connectivity index (χ1n) is 4.97. The number of aliphatic hydroxyl groups is 1. The summed E-state index contributed by atoms with van der Waals surface area (Å²) in [4.78, 5) is 1.36. The van der Waals surface area contributed by atoms with Crippen LogP contribution in [-0.2, 0) is 6.42 Å². The number of rotatable bonds is 5. The molecule has 1 atom stereocenters. The predicted octanol–water partition coefficient (Wildman–Crippen LogP) is 3.71. The zero-order valence-electron chi connectivity index (χ0n) is 8.66. The lowest BCUT2D eigenvalue weighted by Gasteiger charge is -2.15. The van der Waals surface area contributed by atoms with E-state index in [4.69, 9.17) is 0 Å². The van der Waals surface area contributed by atoms with Gasteiger partial charge >= 0.3 is 0 Å². The average molecular weight is 277 g/mol. The van der Waals surface area contributed by atoms with Crippen LogP contribution in [0.25, 0.3) is 0 Å². The van der Waals surface area contributed by atoms with E-state index < -0.39 is 0 Å². The summed E-state index contributed by atoms with van der Waals surface area (Å²) in [6.45, 7) is 4.70. The van der Waals surface area contributed by atoms with Gasteiger partial charge in [-0.3, -0.25) is 0 Å². The van der Waals surface area contributed by atoms with E-state index in [0.29, 0.717) is 18.4 Å². The minimum atomic E-state index is 0.299. The Morgan fingerprint density at radius 1 is 1.43 bits per heavy atom. The fraction of sp³-hybridized carbons (Fsp3) is 0.636. The number of thiophene rings is 1. The Morgan fingerprint density at radius 3 is 2.57 bits per heavy atom. The van der Waals surface area contributed by atoms with Gasteiger partial charge in [-0.1, -0.05) is 13.8 Å². The summed E-state index contributed by atoms with van der Waals surface area (Å²) in [5, 5.41) is 9.24. The lowest BCUT2D eigenvalue weighted by atomic mass is 9.94. The molecule has 1 nitrogen and oxygen atoms in total. The number of hydrogen-bond acceptors (Lipinski definition) is 2. The second-order valence-electron chi connectivity index (χ2n) is 4.09. The quantitative estimate of drug-likeness (QED) is 0.870. The molecule has 1 unspecified atom stereocenters. The van der Waals surface area contributed by atoms with Gasteiger partial charge in [0.25, 0.3) is 0 Å². The van der Waals surface area contributed by atoms with Gasteiger partial charge in [0, 0.05) is 11.5 Å². The molecule has 1 heterocycles. The van der Waals surface area contributed by atoms with Crippen molar-refractivity contribution >= 4 is 27.3 Å². The smallest absolute Gasteiger partial charge is 0.0701 e. The Kier molecular flexibility index (Phi) is 5.13. The van der Waals surface area contributed by atoms with Crippen LogP contribution in [0.2, 0.25) is 0 Å². The molecule has 0 spiro atoms. The monoisotopic (exact) mass is 276 g/mol. The Hall–Kier alpha value is 0.140. The number of halogens is 1. The molecule has 0 amide bonds. The predicted molar refractivity (Wildman–Crippen MR) is 65.8 cm³/mol. The molecule has 80 valence electrons. The summed E-state index contributed by atoms with van der Waals surface area (Å²) in [7, 11) is 0. The highest BCUT2D eigenvalue weighted by atomic mass is 79.9. The third-order valence-electron chi connectivity index (χ3n) is 2.18. The summed E-state index contributed by atoms with van der Waals surface area (Å²) in [5.41, 5.74) is 0. The molecule has 0 aliphatic rings. The first kappa shape index (κ1) is 12.2. The number of hydrogen-bond donors (Lipinski definition) is 1. The van der Waals surface area contributed by atoms with Crippen molar-refractivity contribution in [2.75, 3.05) is 6.61 Å². The fourth-order valence-electron chi connectivity index (χ4n) is 1.64. The molecule has 0 aliphatic carbocycles. The highest BCUT2D eigenvalue weighted by Crippen LogP contribution is 2.26. The van der Waals surface area contributed by atoms with Crippen molar-refractivity contribution < 1.29 is 5.11 Å². The van der Waals surface area contributed by atoms with Crippen LogP contribution in [0.5, 0.6) is 0 Å². The molecule has 0 saturated carbocycles. The highest BCUT2D eigenvalue weighted by Gasteiger charge is 2.11. The summed E-state index contributed by atoms with van der Waals surface area (Å²) in [6, 6.07) is 4.21. The van der Waals surface area contributed by atoms with Gasteiger partial charge in [0.15, 0.2) is 0 Å². The summed E-state index contributed by atoms with van der Waals surface area (Å²) < 4.78 is 1.17. The average Bonchev–Trinajstić information content (AvgIpc) is 2.49. The molecule has 0 aliphatic heterocycles. The number of aliphatic hydroxyl groups excluding tert-OH is 1. The first-order chi connectivity index (χ1) is 6.61. The first-order valence-corrected chi connectivity index (χ1v) is 6.57. The largest absolute Gasteiger partial charge is 0.396 e. The van der Waals surface area contributed by atoms with E-state index in [-0.39, 0.29) is 0 Å². The van der Waals surface area contributed by atoms with E-state index in [1.165, 1.54) is 8.66 Å². The lowest BCUT2D eigenvalue weighted by Crippen LogP contribution is -2.11. The van der Waals surface area contributed by atoms with Gasteiger partial charge in [-0.15, -0.1) is 11.3 Å². The molecule has 0 bridgehead atoms. The van der Waals surface area contributed by atoms with Crippen LogP contribution in [0, 0.1) is 11.8 Å². The van der Waals surface area contributed by atoms with Gasteiger partial charge in [-0.05, 0) is 52.7 Å². The molecule has 14 heavy (non-hydrogen) atoms. The molecule has 1 aromatic rings. The van der Waals surface area contributed by atoms with Crippen LogP contribution in [0.15, 0.2) is 15.9 Å². The van der Waals surface area contributed by atoms with Crippen molar-refractivity contribution in [1.82, 2.24) is 0 Å². The van der Waals surface area contributed by atoms with E-state index in [2.05, 4.69) is 41.9 Å². The van der Waals surface area contributed by atoms with Crippen molar-refractivity contribution in [3.05, 3.63) is 20.8 Å². The Labute approximate surface area is 98.3 Å². The molecule has 0 fully saturated rings. The van der Waals surface area contributed by atoms with Crippen LogP contribution >= 0.6 is 27.3 Å². The molecular formula is C11H17BrOS. The Balaban J connectivity index is 2.48. The maximum Gasteiger partial charge on any atom is 0.0701 e. The third kappa shape index (κ3) is 4.11. The standard InChI is InChI=1S/C11H17BrOS/c1-8(2)5-9(7-13)6-10-3-4-11(12)14-10/h3-4,8-9,13H,5-7H2,1-2H3. The van der Waals surface area contributed by atoms with Crippen molar-refractivity contribution in [1.29, 1.82) is 0 Å². The van der Waals surface area contributed by atoms with Crippen LogP contribution < -0.4 is 0 Å². The van der Waals surface area contributed by atoms with Crippen LogP contribution in [0.1, 0.15) is 25.1 Å². The van der Waals surface area contributed by atoms with E-state index >= 15 is 0 Å². The van der Waals surface area contributed by atoms with Gasteiger partial charge in [0.1, 0.15) is 0 Å². The van der Waals surface area contributed by atoms with Crippen molar-refractivity contribution in [3.63, 3.8) is 0 Å². The highest BCUT2D eigenvalue weighted by molar-refractivity contribution is 9.11. The zero-order chi connectivity index (χ0) is 10.6. The Bertz CT molecular complexity index is 270. The minimum absolute atomic E-state index is 0.299. The van der Waals surface area contributed by atoms with E-state index in [1.807, 2.05) is 0 Å². The van der Waals surface area contributed by atoms with Crippen LogP contribution in [0.4, 0.5) is 0 Å². The lowest BCUT2D eigenvalue weighted by molar-refractivity contribution is 0.206. The molecule has 0 saturated heterocycles. The zero-order valence-corrected chi connectivity index (χ0v) is 11.1. The van der Waals surface area contributed by atoms with Crippen molar-refractivity contribution in [2.45, 2.75) is 26.7 Å². The fourth-order valence-corrected chi connectivity index (χ4v) is 3.23. The topological polar surface area (TPSA) is 20.2 Å². The molecule has 0 aromatic carbocycles. The normalized spacial score (nSPS) is 13.5. The van der Waals surface area contributed by atoms with Crippen molar-refractivity contribution in [3.8, 4) is 0 Å². The molecule has 1 rings (SSSR count). The summed E-state index contributed by atoms with van der Waals surface area (Å²) in [6.07, 6.45) is 2.11.